The van der Waals surface area contributed by atoms with Crippen molar-refractivity contribution in [3.05, 3.63) is 67.2 Å². The van der Waals surface area contributed by atoms with E-state index in [9.17, 15) is 20.0 Å². The number of nitro groups is 1. The molecule has 0 fully saturated rings. The van der Waals surface area contributed by atoms with Gasteiger partial charge in [-0.25, -0.2) is 4.98 Å². The zero-order chi connectivity index (χ0) is 20.0. The van der Waals surface area contributed by atoms with Crippen LogP contribution in [0.5, 0.6) is 11.5 Å². The van der Waals surface area contributed by atoms with Gasteiger partial charge in [-0.3, -0.25) is 19.5 Å². The summed E-state index contributed by atoms with van der Waals surface area (Å²) in [5.74, 6) is -0.0411. The number of aromatic nitrogens is 2. The van der Waals surface area contributed by atoms with Gasteiger partial charge in [0.1, 0.15) is 5.82 Å². The number of benzene rings is 2. The first-order chi connectivity index (χ1) is 13.4. The van der Waals surface area contributed by atoms with Gasteiger partial charge in [-0.1, -0.05) is 11.6 Å². The third-order valence-corrected chi connectivity index (χ3v) is 4.88. The van der Waals surface area contributed by atoms with Crippen LogP contribution in [0.25, 0.3) is 22.6 Å². The van der Waals surface area contributed by atoms with Crippen molar-refractivity contribution in [3.63, 3.8) is 0 Å². The second-order valence-corrected chi connectivity index (χ2v) is 6.76. The van der Waals surface area contributed by atoms with Crippen LogP contribution in [0.4, 0.5) is 5.69 Å². The summed E-state index contributed by atoms with van der Waals surface area (Å²) in [5, 5.41) is 22.1. The first kappa shape index (κ1) is 18.0. The molecule has 8 nitrogen and oxygen atoms in total. The molecule has 1 N–H and O–H groups in total. The van der Waals surface area contributed by atoms with Crippen molar-refractivity contribution in [2.45, 2.75) is 13.0 Å². The normalized spacial score (nSPS) is 14.4. The molecule has 0 amide bonds. The maximum Gasteiger partial charge on any atom is 0.315 e. The van der Waals surface area contributed by atoms with Gasteiger partial charge < -0.3 is 9.84 Å². The van der Waals surface area contributed by atoms with Crippen LogP contribution in [0.1, 0.15) is 17.8 Å². The van der Waals surface area contributed by atoms with Gasteiger partial charge in [0.15, 0.2) is 5.75 Å². The molecule has 2 heterocycles. The number of phenolic OH excluding ortho intramolecular Hbond substituents is 1. The number of ether oxygens (including phenoxy) is 1. The van der Waals surface area contributed by atoms with E-state index in [1.807, 2.05) is 0 Å². The molecule has 9 heteroatoms. The van der Waals surface area contributed by atoms with Crippen LogP contribution in [0.15, 0.2) is 35.1 Å². The second-order valence-electron chi connectivity index (χ2n) is 6.32. The first-order valence-electron chi connectivity index (χ1n) is 8.35. The van der Waals surface area contributed by atoms with E-state index in [0.717, 1.165) is 5.57 Å². The number of allylic oxidation sites excluding steroid dienone is 1. The number of hydrogen-bond acceptors (Lipinski definition) is 6. The highest BCUT2D eigenvalue weighted by molar-refractivity contribution is 6.31. The Bertz CT molecular complexity index is 1230. The van der Waals surface area contributed by atoms with Gasteiger partial charge in [-0.15, -0.1) is 0 Å². The molecule has 0 bridgehead atoms. The molecule has 0 aliphatic carbocycles. The highest BCUT2D eigenvalue weighted by Gasteiger charge is 2.23. The number of halogens is 1. The standard InChI is InChI=1S/C19H14ClN3O5/c1-28-16-8-10(7-15(17(16)24)23(26)27)6-11-4-5-22-18(11)21-14-9-12(20)2-3-13(14)19(22)25/h2-3,6-9,24H,4-5H2,1H3/b11-6+. The lowest BCUT2D eigenvalue weighted by atomic mass is 10.1. The summed E-state index contributed by atoms with van der Waals surface area (Å²) in [6.45, 7) is 0.461. The maximum absolute atomic E-state index is 12.7. The zero-order valence-corrected chi connectivity index (χ0v) is 15.4. The van der Waals surface area contributed by atoms with Crippen molar-refractivity contribution in [2.24, 2.45) is 0 Å². The number of aromatic hydroxyl groups is 1. The molecule has 142 valence electrons. The summed E-state index contributed by atoms with van der Waals surface area (Å²) in [5.41, 5.74) is 1.09. The summed E-state index contributed by atoms with van der Waals surface area (Å²) in [6.07, 6.45) is 2.25. The molecule has 4 rings (SSSR count). The third kappa shape index (κ3) is 2.87. The average Bonchev–Trinajstić information content (AvgIpc) is 3.05. The highest BCUT2D eigenvalue weighted by atomic mass is 35.5. The summed E-state index contributed by atoms with van der Waals surface area (Å²) >= 11 is 6.02. The van der Waals surface area contributed by atoms with E-state index in [1.165, 1.54) is 19.2 Å². The molecular formula is C19H14ClN3O5. The Morgan fingerprint density at radius 3 is 2.86 bits per heavy atom. The predicted octanol–water partition coefficient (Wildman–Crippen LogP) is 3.62. The minimum atomic E-state index is -0.680. The van der Waals surface area contributed by atoms with Crippen molar-refractivity contribution >= 4 is 39.8 Å². The van der Waals surface area contributed by atoms with Gasteiger partial charge in [-0.2, -0.15) is 0 Å². The van der Waals surface area contributed by atoms with E-state index in [1.54, 1.807) is 28.8 Å². The Balaban J connectivity index is 1.89. The predicted molar refractivity (Wildman–Crippen MR) is 105 cm³/mol. The van der Waals surface area contributed by atoms with Gasteiger partial charge in [0, 0.05) is 17.6 Å². The summed E-state index contributed by atoms with van der Waals surface area (Å²) in [4.78, 5) is 27.8. The SMILES string of the molecule is COc1cc(/C=C2\CCn3c2nc2cc(Cl)ccc2c3=O)cc([N+](=O)[O-])c1O. The average molecular weight is 400 g/mol. The number of phenols is 1. The number of hydrogen-bond donors (Lipinski definition) is 1. The molecule has 0 unspecified atom stereocenters. The molecule has 0 spiro atoms. The number of nitrogens with zero attached hydrogens (tertiary/aromatic N) is 3. The number of fused-ring (bicyclic) bond motifs is 2. The summed E-state index contributed by atoms with van der Waals surface area (Å²) < 4.78 is 6.61. The van der Waals surface area contributed by atoms with Gasteiger partial charge >= 0.3 is 5.69 Å². The van der Waals surface area contributed by atoms with Crippen molar-refractivity contribution in [1.82, 2.24) is 9.55 Å². The van der Waals surface area contributed by atoms with E-state index in [-0.39, 0.29) is 11.3 Å². The van der Waals surface area contributed by atoms with Crippen molar-refractivity contribution < 1.29 is 14.8 Å². The van der Waals surface area contributed by atoms with E-state index in [2.05, 4.69) is 4.98 Å². The fourth-order valence-electron chi connectivity index (χ4n) is 3.32. The molecule has 28 heavy (non-hydrogen) atoms. The third-order valence-electron chi connectivity index (χ3n) is 4.64. The van der Waals surface area contributed by atoms with Crippen molar-refractivity contribution in [3.8, 4) is 11.5 Å². The van der Waals surface area contributed by atoms with Crippen LogP contribution in [-0.2, 0) is 6.54 Å². The Labute approximate surface area is 163 Å². The minimum Gasteiger partial charge on any atom is -0.500 e. The topological polar surface area (TPSA) is 107 Å². The van der Waals surface area contributed by atoms with E-state index >= 15 is 0 Å². The second kappa shape index (κ2) is 6.65. The molecule has 0 atom stereocenters. The Morgan fingerprint density at radius 2 is 2.14 bits per heavy atom. The molecule has 0 radical (unpaired) electrons. The molecule has 1 aliphatic heterocycles. The van der Waals surface area contributed by atoms with Crippen LogP contribution in [-0.4, -0.2) is 26.7 Å². The quantitative estimate of drug-likeness (QED) is 0.532. The van der Waals surface area contributed by atoms with Gasteiger partial charge in [0.25, 0.3) is 5.56 Å². The van der Waals surface area contributed by atoms with Crippen LogP contribution < -0.4 is 10.3 Å². The summed E-state index contributed by atoms with van der Waals surface area (Å²) in [7, 11) is 1.32. The minimum absolute atomic E-state index is 0.00492. The number of nitro benzene ring substituents is 1. The number of methoxy groups -OCH3 is 1. The van der Waals surface area contributed by atoms with Gasteiger partial charge in [0.2, 0.25) is 5.75 Å². The smallest absolute Gasteiger partial charge is 0.315 e. The molecule has 0 saturated heterocycles. The zero-order valence-electron chi connectivity index (χ0n) is 14.7. The monoisotopic (exact) mass is 399 g/mol. The Morgan fingerprint density at radius 1 is 1.36 bits per heavy atom. The number of rotatable bonds is 3. The van der Waals surface area contributed by atoms with Gasteiger partial charge in [-0.05, 0) is 47.9 Å². The van der Waals surface area contributed by atoms with E-state index in [0.29, 0.717) is 40.3 Å². The molecule has 2 aromatic carbocycles. The highest BCUT2D eigenvalue weighted by Crippen LogP contribution is 2.38. The fourth-order valence-corrected chi connectivity index (χ4v) is 3.49. The molecule has 3 aromatic rings. The molecule has 0 saturated carbocycles. The van der Waals surface area contributed by atoms with E-state index < -0.39 is 16.4 Å². The Hall–Kier alpha value is -3.39. The van der Waals surface area contributed by atoms with E-state index in [4.69, 9.17) is 16.3 Å². The lowest BCUT2D eigenvalue weighted by Crippen LogP contribution is -2.20. The lowest BCUT2D eigenvalue weighted by molar-refractivity contribution is -0.386. The molecule has 1 aliphatic rings. The van der Waals surface area contributed by atoms with Crippen LogP contribution in [0.2, 0.25) is 5.02 Å². The molecule has 1 aromatic heterocycles. The first-order valence-corrected chi connectivity index (χ1v) is 8.73. The summed E-state index contributed by atoms with van der Waals surface area (Å²) in [6, 6.07) is 7.67. The Kier molecular flexibility index (Phi) is 4.27. The lowest BCUT2D eigenvalue weighted by Gasteiger charge is -2.07. The van der Waals surface area contributed by atoms with Crippen molar-refractivity contribution in [1.29, 1.82) is 0 Å². The maximum atomic E-state index is 12.7. The van der Waals surface area contributed by atoms with Crippen LogP contribution in [0, 0.1) is 10.1 Å². The molecular weight excluding hydrogens is 386 g/mol. The fraction of sp³-hybridized carbons (Fsp3) is 0.158. The van der Waals surface area contributed by atoms with Crippen LogP contribution in [0.3, 0.4) is 0 Å². The largest absolute Gasteiger partial charge is 0.500 e. The van der Waals surface area contributed by atoms with Crippen LogP contribution >= 0.6 is 11.6 Å². The van der Waals surface area contributed by atoms with Crippen molar-refractivity contribution in [2.75, 3.05) is 7.11 Å². The van der Waals surface area contributed by atoms with Gasteiger partial charge in [0.05, 0.1) is 22.9 Å².